The fourth-order valence-electron chi connectivity index (χ4n) is 4.06. The lowest BCUT2D eigenvalue weighted by Gasteiger charge is -2.54. The Labute approximate surface area is 131 Å². The molecule has 0 aromatic rings. The first kappa shape index (κ1) is 17.0. The summed E-state index contributed by atoms with van der Waals surface area (Å²) < 4.78 is 0. The maximum Gasteiger partial charge on any atom is 0.0906 e. The highest BCUT2D eigenvalue weighted by Crippen LogP contribution is 2.42. The minimum Gasteiger partial charge on any atom is -0.291 e. The molecule has 1 fully saturated rings. The van der Waals surface area contributed by atoms with Gasteiger partial charge in [-0.1, -0.05) is 19.1 Å². The third kappa shape index (κ3) is 3.71. The first-order chi connectivity index (χ1) is 9.55. The summed E-state index contributed by atoms with van der Waals surface area (Å²) >= 11 is 0. The monoisotopic (exact) mass is 293 g/mol. The third-order valence-electron chi connectivity index (χ3n) is 5.50. The van der Waals surface area contributed by atoms with Gasteiger partial charge in [0.2, 0.25) is 0 Å². The van der Waals surface area contributed by atoms with Crippen LogP contribution in [0.2, 0.25) is 0 Å². The first-order valence-electron chi connectivity index (χ1n) is 8.72. The Balaban J connectivity index is 2.15. The van der Waals surface area contributed by atoms with Crippen LogP contribution in [0.1, 0.15) is 80.6 Å². The van der Waals surface area contributed by atoms with Crippen LogP contribution in [-0.4, -0.2) is 21.7 Å². The van der Waals surface area contributed by atoms with E-state index in [1.807, 2.05) is 0 Å². The SMILES string of the molecule is C[C@@H]1C=C[C@H](C(C)(C)ON2C(C)(C)CCCC2(C)C)CC1. The van der Waals surface area contributed by atoms with E-state index in [4.69, 9.17) is 4.84 Å². The second kappa shape index (κ2) is 5.70. The Morgan fingerprint density at radius 2 is 1.57 bits per heavy atom. The fraction of sp³-hybridized carbons (Fsp3) is 0.895. The molecule has 2 heteroatoms. The zero-order valence-electron chi connectivity index (χ0n) is 15.2. The summed E-state index contributed by atoms with van der Waals surface area (Å²) in [5.74, 6) is 1.24. The number of hydrogen-bond donors (Lipinski definition) is 0. The lowest BCUT2D eigenvalue weighted by atomic mass is 9.79. The molecule has 0 saturated carbocycles. The number of rotatable bonds is 3. The van der Waals surface area contributed by atoms with Crippen molar-refractivity contribution in [2.24, 2.45) is 11.8 Å². The van der Waals surface area contributed by atoms with Gasteiger partial charge in [0.1, 0.15) is 0 Å². The van der Waals surface area contributed by atoms with Crippen LogP contribution in [0, 0.1) is 11.8 Å². The standard InChI is InChI=1S/C19H35NO/c1-15-9-11-16(12-10-15)19(6,7)21-20-17(2,3)13-8-14-18(20,4)5/h9,11,15-16H,8,10,12-14H2,1-7H3/t15-,16+/m1/s1. The van der Waals surface area contributed by atoms with E-state index in [0.29, 0.717) is 5.92 Å². The fourth-order valence-corrected chi connectivity index (χ4v) is 4.06. The summed E-state index contributed by atoms with van der Waals surface area (Å²) in [7, 11) is 0. The van der Waals surface area contributed by atoms with E-state index in [2.05, 4.69) is 65.7 Å². The van der Waals surface area contributed by atoms with Gasteiger partial charge in [-0.3, -0.25) is 4.84 Å². The molecule has 0 spiro atoms. The normalized spacial score (nSPS) is 33.1. The van der Waals surface area contributed by atoms with Gasteiger partial charge in [0.05, 0.1) is 5.60 Å². The Morgan fingerprint density at radius 3 is 2.05 bits per heavy atom. The highest BCUT2D eigenvalue weighted by Gasteiger charge is 2.46. The van der Waals surface area contributed by atoms with Crippen LogP contribution in [-0.2, 0) is 4.84 Å². The average Bonchev–Trinajstić information content (AvgIpc) is 2.34. The number of hydroxylamine groups is 2. The molecule has 0 aromatic heterocycles. The highest BCUT2D eigenvalue weighted by atomic mass is 16.7. The van der Waals surface area contributed by atoms with Gasteiger partial charge in [-0.2, -0.15) is 5.06 Å². The summed E-state index contributed by atoms with van der Waals surface area (Å²) in [4.78, 5) is 6.67. The molecule has 1 saturated heterocycles. The zero-order chi connectivity index (χ0) is 15.9. The second-order valence-corrected chi connectivity index (χ2v) is 9.01. The zero-order valence-corrected chi connectivity index (χ0v) is 15.2. The van der Waals surface area contributed by atoms with Crippen molar-refractivity contribution in [2.75, 3.05) is 0 Å². The van der Waals surface area contributed by atoms with Crippen molar-refractivity contribution in [1.29, 1.82) is 0 Å². The number of nitrogens with zero attached hydrogens (tertiary/aromatic N) is 1. The molecule has 1 heterocycles. The van der Waals surface area contributed by atoms with Crippen molar-refractivity contribution in [3.05, 3.63) is 12.2 Å². The lowest BCUT2D eigenvalue weighted by molar-refractivity contribution is -0.336. The first-order valence-corrected chi connectivity index (χ1v) is 8.72. The van der Waals surface area contributed by atoms with Gasteiger partial charge in [0.25, 0.3) is 0 Å². The van der Waals surface area contributed by atoms with Crippen LogP contribution in [0.15, 0.2) is 12.2 Å². The molecular formula is C19H35NO. The van der Waals surface area contributed by atoms with Gasteiger partial charge in [-0.05, 0) is 79.6 Å². The van der Waals surface area contributed by atoms with E-state index in [1.165, 1.54) is 32.1 Å². The van der Waals surface area contributed by atoms with Crippen LogP contribution < -0.4 is 0 Å². The number of piperidine rings is 1. The van der Waals surface area contributed by atoms with E-state index in [0.717, 1.165) is 5.92 Å². The van der Waals surface area contributed by atoms with Gasteiger partial charge >= 0.3 is 0 Å². The molecule has 1 aliphatic heterocycles. The molecule has 0 aromatic carbocycles. The highest BCUT2D eigenvalue weighted by molar-refractivity contribution is 5.03. The molecule has 0 bridgehead atoms. The van der Waals surface area contributed by atoms with E-state index >= 15 is 0 Å². The quantitative estimate of drug-likeness (QED) is 0.651. The van der Waals surface area contributed by atoms with Gasteiger partial charge < -0.3 is 0 Å². The Hall–Kier alpha value is -0.340. The molecule has 122 valence electrons. The van der Waals surface area contributed by atoms with E-state index in [-0.39, 0.29) is 16.7 Å². The van der Waals surface area contributed by atoms with E-state index in [1.54, 1.807) is 0 Å². The molecule has 1 aliphatic carbocycles. The summed E-state index contributed by atoms with van der Waals surface area (Å²) in [5.41, 5.74) is 0.0951. The van der Waals surface area contributed by atoms with Crippen LogP contribution >= 0.6 is 0 Å². The average molecular weight is 293 g/mol. The Bertz CT molecular complexity index is 378. The topological polar surface area (TPSA) is 12.5 Å². The predicted octanol–water partition coefficient (Wildman–Crippen LogP) is 5.34. The van der Waals surface area contributed by atoms with Crippen LogP contribution in [0.3, 0.4) is 0 Å². The summed E-state index contributed by atoms with van der Waals surface area (Å²) in [6.07, 6.45) is 11.0. The molecular weight excluding hydrogens is 258 g/mol. The number of hydrogen-bond acceptors (Lipinski definition) is 2. The van der Waals surface area contributed by atoms with Crippen molar-refractivity contribution in [1.82, 2.24) is 5.06 Å². The van der Waals surface area contributed by atoms with Gasteiger partial charge in [-0.25, -0.2) is 0 Å². The molecule has 2 nitrogen and oxygen atoms in total. The van der Waals surface area contributed by atoms with Crippen LogP contribution in [0.5, 0.6) is 0 Å². The van der Waals surface area contributed by atoms with Crippen LogP contribution in [0.25, 0.3) is 0 Å². The molecule has 0 unspecified atom stereocenters. The molecule has 2 aliphatic rings. The minimum absolute atomic E-state index is 0.116. The maximum atomic E-state index is 6.67. The summed E-state index contributed by atoms with van der Waals surface area (Å²) in [6, 6.07) is 0. The largest absolute Gasteiger partial charge is 0.291 e. The van der Waals surface area contributed by atoms with Crippen LogP contribution in [0.4, 0.5) is 0 Å². The molecule has 0 N–H and O–H groups in total. The van der Waals surface area contributed by atoms with Crippen molar-refractivity contribution in [2.45, 2.75) is 97.2 Å². The third-order valence-corrected chi connectivity index (χ3v) is 5.50. The lowest BCUT2D eigenvalue weighted by Crippen LogP contribution is -2.61. The Kier molecular flexibility index (Phi) is 4.62. The summed E-state index contributed by atoms with van der Waals surface area (Å²) in [6.45, 7) is 16.1. The van der Waals surface area contributed by atoms with E-state index < -0.39 is 0 Å². The molecule has 0 amide bonds. The number of allylic oxidation sites excluding steroid dienone is 1. The molecule has 21 heavy (non-hydrogen) atoms. The Morgan fingerprint density at radius 1 is 1.00 bits per heavy atom. The minimum atomic E-state index is -0.136. The van der Waals surface area contributed by atoms with Gasteiger partial charge in [0, 0.05) is 17.0 Å². The van der Waals surface area contributed by atoms with E-state index in [9.17, 15) is 0 Å². The smallest absolute Gasteiger partial charge is 0.0906 e. The van der Waals surface area contributed by atoms with Crippen molar-refractivity contribution < 1.29 is 4.84 Å². The van der Waals surface area contributed by atoms with Crippen molar-refractivity contribution >= 4 is 0 Å². The van der Waals surface area contributed by atoms with Crippen molar-refractivity contribution in [3.8, 4) is 0 Å². The molecule has 2 atom stereocenters. The summed E-state index contributed by atoms with van der Waals surface area (Å²) in [5, 5.41) is 2.31. The molecule has 2 rings (SSSR count). The van der Waals surface area contributed by atoms with Gasteiger partial charge in [-0.15, -0.1) is 0 Å². The second-order valence-electron chi connectivity index (χ2n) is 9.01. The predicted molar refractivity (Wildman–Crippen MR) is 90.0 cm³/mol. The maximum absolute atomic E-state index is 6.67. The van der Waals surface area contributed by atoms with Gasteiger partial charge in [0.15, 0.2) is 0 Å². The molecule has 0 radical (unpaired) electrons. The van der Waals surface area contributed by atoms with Crippen molar-refractivity contribution in [3.63, 3.8) is 0 Å².